The molecule has 1 fully saturated rings. The number of hydrogen-bond acceptors (Lipinski definition) is 2. The summed E-state index contributed by atoms with van der Waals surface area (Å²) in [5, 5.41) is 2.89. The minimum atomic E-state index is -0.218. The minimum Gasteiger partial charge on any atom is -0.338 e. The van der Waals surface area contributed by atoms with Crippen LogP contribution in [0.25, 0.3) is 0 Å². The fourth-order valence-electron chi connectivity index (χ4n) is 3.67. The van der Waals surface area contributed by atoms with Crippen LogP contribution in [-0.2, 0) is 0 Å². The van der Waals surface area contributed by atoms with Gasteiger partial charge in [0.05, 0.1) is 11.3 Å². The van der Waals surface area contributed by atoms with E-state index < -0.39 is 0 Å². The van der Waals surface area contributed by atoms with Gasteiger partial charge in [0.25, 0.3) is 11.8 Å². The normalized spacial score (nSPS) is 16.0. The van der Waals surface area contributed by atoms with E-state index in [-0.39, 0.29) is 11.8 Å². The number of nitrogens with one attached hydrogen (secondary N) is 1. The standard InChI is InChI=1S/C24H22N2O2/c27-23(19-11-5-2-6-12-19)25-22-14-8-7-13-21(22)24(28)26-16-15-20(17-26)18-9-3-1-4-10-18/h1-14,20H,15-17H2,(H,25,27). The maximum Gasteiger partial charge on any atom is 0.255 e. The summed E-state index contributed by atoms with van der Waals surface area (Å²) < 4.78 is 0. The Kier molecular flexibility index (Phi) is 5.20. The Morgan fingerprint density at radius 1 is 0.821 bits per heavy atom. The van der Waals surface area contributed by atoms with E-state index >= 15 is 0 Å². The van der Waals surface area contributed by atoms with Crippen LogP contribution in [0.3, 0.4) is 0 Å². The summed E-state index contributed by atoms with van der Waals surface area (Å²) in [4.78, 5) is 27.5. The van der Waals surface area contributed by atoms with Gasteiger partial charge in [-0.2, -0.15) is 0 Å². The van der Waals surface area contributed by atoms with E-state index in [0.29, 0.717) is 29.3 Å². The summed E-state index contributed by atoms with van der Waals surface area (Å²) >= 11 is 0. The lowest BCUT2D eigenvalue weighted by molar-refractivity contribution is 0.0792. The maximum absolute atomic E-state index is 13.1. The van der Waals surface area contributed by atoms with Gasteiger partial charge in [-0.1, -0.05) is 60.7 Å². The first kappa shape index (κ1) is 18.0. The highest BCUT2D eigenvalue weighted by Gasteiger charge is 2.29. The molecule has 28 heavy (non-hydrogen) atoms. The van der Waals surface area contributed by atoms with E-state index in [2.05, 4.69) is 17.4 Å². The van der Waals surface area contributed by atoms with Gasteiger partial charge in [0.2, 0.25) is 0 Å². The highest BCUT2D eigenvalue weighted by atomic mass is 16.2. The molecule has 0 bridgehead atoms. The van der Waals surface area contributed by atoms with Gasteiger partial charge in [-0.15, -0.1) is 0 Å². The van der Waals surface area contributed by atoms with Gasteiger partial charge in [0.15, 0.2) is 0 Å². The summed E-state index contributed by atoms with van der Waals surface area (Å²) in [6.07, 6.45) is 0.953. The van der Waals surface area contributed by atoms with Gasteiger partial charge in [0, 0.05) is 24.6 Å². The molecule has 0 aromatic heterocycles. The quantitative estimate of drug-likeness (QED) is 0.731. The molecule has 1 heterocycles. The van der Waals surface area contributed by atoms with Crippen LogP contribution in [-0.4, -0.2) is 29.8 Å². The van der Waals surface area contributed by atoms with Crippen LogP contribution in [0.1, 0.15) is 38.6 Å². The van der Waals surface area contributed by atoms with Crippen molar-refractivity contribution in [2.24, 2.45) is 0 Å². The molecule has 2 amide bonds. The SMILES string of the molecule is O=C(Nc1ccccc1C(=O)N1CCC(c2ccccc2)C1)c1ccccc1. The zero-order valence-electron chi connectivity index (χ0n) is 15.5. The largest absolute Gasteiger partial charge is 0.338 e. The van der Waals surface area contributed by atoms with Crippen molar-refractivity contribution in [3.63, 3.8) is 0 Å². The van der Waals surface area contributed by atoms with Gasteiger partial charge in [-0.25, -0.2) is 0 Å². The minimum absolute atomic E-state index is 0.0395. The molecule has 1 aliphatic heterocycles. The maximum atomic E-state index is 13.1. The van der Waals surface area contributed by atoms with E-state index in [1.807, 2.05) is 53.4 Å². The molecule has 1 aliphatic rings. The lowest BCUT2D eigenvalue weighted by atomic mass is 9.99. The van der Waals surface area contributed by atoms with E-state index in [0.717, 1.165) is 13.0 Å². The number of hydrogen-bond donors (Lipinski definition) is 1. The molecule has 0 aliphatic carbocycles. The molecular weight excluding hydrogens is 348 g/mol. The van der Waals surface area contributed by atoms with Gasteiger partial charge < -0.3 is 10.2 Å². The van der Waals surface area contributed by atoms with Crippen molar-refractivity contribution < 1.29 is 9.59 Å². The Balaban J connectivity index is 1.50. The van der Waals surface area contributed by atoms with Crippen LogP contribution in [0.15, 0.2) is 84.9 Å². The van der Waals surface area contributed by atoms with Crippen LogP contribution in [0, 0.1) is 0 Å². The Labute approximate surface area is 164 Å². The Hall–Kier alpha value is -3.40. The van der Waals surface area contributed by atoms with E-state index in [1.165, 1.54) is 5.56 Å². The van der Waals surface area contributed by atoms with E-state index in [1.54, 1.807) is 24.3 Å². The van der Waals surface area contributed by atoms with Crippen LogP contribution in [0.2, 0.25) is 0 Å². The number of para-hydroxylation sites is 1. The van der Waals surface area contributed by atoms with E-state index in [4.69, 9.17) is 0 Å². The molecule has 4 nitrogen and oxygen atoms in total. The highest BCUT2D eigenvalue weighted by molar-refractivity contribution is 6.09. The summed E-state index contributed by atoms with van der Waals surface area (Å²) in [6, 6.07) is 26.5. The third-order valence-electron chi connectivity index (χ3n) is 5.19. The lowest BCUT2D eigenvalue weighted by Crippen LogP contribution is -2.29. The van der Waals surface area contributed by atoms with Crippen molar-refractivity contribution in [1.29, 1.82) is 0 Å². The first-order valence-corrected chi connectivity index (χ1v) is 9.52. The number of benzene rings is 3. The molecule has 1 unspecified atom stereocenters. The molecule has 0 radical (unpaired) electrons. The molecule has 1 atom stereocenters. The summed E-state index contributed by atoms with van der Waals surface area (Å²) in [7, 11) is 0. The van der Waals surface area contributed by atoms with Crippen molar-refractivity contribution in [3.8, 4) is 0 Å². The van der Waals surface area contributed by atoms with Crippen LogP contribution < -0.4 is 5.32 Å². The third-order valence-corrected chi connectivity index (χ3v) is 5.19. The molecule has 0 saturated carbocycles. The molecule has 3 aromatic carbocycles. The second-order valence-electron chi connectivity index (χ2n) is 7.01. The first-order chi connectivity index (χ1) is 13.7. The Morgan fingerprint density at radius 3 is 2.21 bits per heavy atom. The third kappa shape index (κ3) is 3.81. The molecular formula is C24H22N2O2. The predicted octanol–water partition coefficient (Wildman–Crippen LogP) is 4.57. The molecule has 4 rings (SSSR count). The van der Waals surface area contributed by atoms with Gasteiger partial charge >= 0.3 is 0 Å². The molecule has 1 N–H and O–H groups in total. The number of likely N-dealkylation sites (tertiary alicyclic amines) is 1. The summed E-state index contributed by atoms with van der Waals surface area (Å²) in [5.41, 5.74) is 2.91. The average molecular weight is 370 g/mol. The number of carbonyl (C=O) groups excluding carboxylic acids is 2. The second kappa shape index (κ2) is 8.09. The average Bonchev–Trinajstić information content (AvgIpc) is 3.25. The summed E-state index contributed by atoms with van der Waals surface area (Å²) in [5.74, 6) is 0.100. The van der Waals surface area contributed by atoms with Gasteiger partial charge in [-0.3, -0.25) is 9.59 Å². The topological polar surface area (TPSA) is 49.4 Å². The van der Waals surface area contributed by atoms with Crippen molar-refractivity contribution >= 4 is 17.5 Å². The number of amides is 2. The number of rotatable bonds is 4. The lowest BCUT2D eigenvalue weighted by Gasteiger charge is -2.19. The molecule has 4 heteroatoms. The summed E-state index contributed by atoms with van der Waals surface area (Å²) in [6.45, 7) is 1.42. The fourth-order valence-corrected chi connectivity index (χ4v) is 3.67. The van der Waals surface area contributed by atoms with Crippen LogP contribution >= 0.6 is 0 Å². The van der Waals surface area contributed by atoms with E-state index in [9.17, 15) is 9.59 Å². The Morgan fingerprint density at radius 2 is 1.46 bits per heavy atom. The predicted molar refractivity (Wildman–Crippen MR) is 111 cm³/mol. The Bertz CT molecular complexity index is 970. The molecule has 0 spiro atoms. The first-order valence-electron chi connectivity index (χ1n) is 9.52. The number of anilines is 1. The van der Waals surface area contributed by atoms with Crippen molar-refractivity contribution in [2.75, 3.05) is 18.4 Å². The zero-order chi connectivity index (χ0) is 19.3. The van der Waals surface area contributed by atoms with Gasteiger partial charge in [-0.05, 0) is 36.2 Å². The van der Waals surface area contributed by atoms with Crippen LogP contribution in [0.5, 0.6) is 0 Å². The smallest absolute Gasteiger partial charge is 0.255 e. The molecule has 3 aromatic rings. The zero-order valence-corrected chi connectivity index (χ0v) is 15.5. The molecule has 140 valence electrons. The van der Waals surface area contributed by atoms with Crippen LogP contribution in [0.4, 0.5) is 5.69 Å². The molecule has 1 saturated heterocycles. The number of nitrogens with zero attached hydrogens (tertiary/aromatic N) is 1. The van der Waals surface area contributed by atoms with Gasteiger partial charge in [0.1, 0.15) is 0 Å². The second-order valence-corrected chi connectivity index (χ2v) is 7.01. The fraction of sp³-hybridized carbons (Fsp3) is 0.167. The number of carbonyl (C=O) groups is 2. The van der Waals surface area contributed by atoms with Crippen molar-refractivity contribution in [2.45, 2.75) is 12.3 Å². The monoisotopic (exact) mass is 370 g/mol. The van der Waals surface area contributed by atoms with Crippen molar-refractivity contribution in [3.05, 3.63) is 102 Å². The van der Waals surface area contributed by atoms with Crippen molar-refractivity contribution in [1.82, 2.24) is 4.90 Å². The highest BCUT2D eigenvalue weighted by Crippen LogP contribution is 2.29.